The first-order valence-corrected chi connectivity index (χ1v) is 8.74. The summed E-state index contributed by atoms with van der Waals surface area (Å²) in [5, 5.41) is 11.9. The van der Waals surface area contributed by atoms with Crippen LogP contribution in [0.25, 0.3) is 0 Å². The molecule has 1 unspecified atom stereocenters. The van der Waals surface area contributed by atoms with Gasteiger partial charge in [-0.05, 0) is 49.7 Å². The lowest BCUT2D eigenvalue weighted by Gasteiger charge is -2.24. The van der Waals surface area contributed by atoms with Crippen LogP contribution in [-0.2, 0) is 6.18 Å². The summed E-state index contributed by atoms with van der Waals surface area (Å²) in [6.45, 7) is 7.22. The molecule has 4 nitrogen and oxygen atoms in total. The molecule has 2 aromatic rings. The summed E-state index contributed by atoms with van der Waals surface area (Å²) in [4.78, 5) is 12.3. The third-order valence-electron chi connectivity index (χ3n) is 3.72. The van der Waals surface area contributed by atoms with Crippen LogP contribution in [0.1, 0.15) is 42.3 Å². The topological polar surface area (TPSA) is 62.1 Å². The second-order valence-electron chi connectivity index (χ2n) is 6.03. The van der Waals surface area contributed by atoms with Crippen molar-refractivity contribution in [2.75, 3.05) is 6.61 Å². The van der Waals surface area contributed by atoms with Crippen molar-refractivity contribution in [3.05, 3.63) is 65.2 Å². The SMILES string of the molecule is CC.Cc1ccccc1OCC(C)(C#N)NC(=O)c1ccc(C(F)(F)F)cc1. The molecule has 0 aliphatic carbocycles. The Hall–Kier alpha value is -3.01. The highest BCUT2D eigenvalue weighted by atomic mass is 19.4. The van der Waals surface area contributed by atoms with Gasteiger partial charge in [-0.3, -0.25) is 4.79 Å². The number of para-hydroxylation sites is 1. The summed E-state index contributed by atoms with van der Waals surface area (Å²) in [5.74, 6) is -0.0751. The average Bonchev–Trinajstić information content (AvgIpc) is 2.68. The Morgan fingerprint density at radius 3 is 2.18 bits per heavy atom. The standard InChI is InChI=1S/C19H17F3N2O2.C2H6/c1-13-5-3-4-6-16(13)26-12-18(2,11-23)24-17(25)14-7-9-15(10-8-14)19(20,21)22;1-2/h3-10H,12H2,1-2H3,(H,24,25);1-2H3. The van der Waals surface area contributed by atoms with E-state index in [0.29, 0.717) is 5.75 Å². The van der Waals surface area contributed by atoms with Crippen molar-refractivity contribution in [3.63, 3.8) is 0 Å². The van der Waals surface area contributed by atoms with Crippen LogP contribution in [0, 0.1) is 18.3 Å². The van der Waals surface area contributed by atoms with Crippen molar-refractivity contribution in [3.8, 4) is 11.8 Å². The van der Waals surface area contributed by atoms with E-state index in [4.69, 9.17) is 4.74 Å². The molecule has 0 bridgehead atoms. The average molecular weight is 392 g/mol. The number of alkyl halides is 3. The fraction of sp³-hybridized carbons (Fsp3) is 0.333. The van der Waals surface area contributed by atoms with Crippen LogP contribution < -0.4 is 10.1 Å². The van der Waals surface area contributed by atoms with Crippen molar-refractivity contribution in [2.24, 2.45) is 0 Å². The van der Waals surface area contributed by atoms with E-state index in [-0.39, 0.29) is 12.2 Å². The number of aryl methyl sites for hydroxylation is 1. The number of hydrogen-bond donors (Lipinski definition) is 1. The number of ether oxygens (including phenoxy) is 1. The maximum absolute atomic E-state index is 12.6. The van der Waals surface area contributed by atoms with E-state index in [1.807, 2.05) is 39.0 Å². The van der Waals surface area contributed by atoms with Crippen LogP contribution in [0.15, 0.2) is 48.5 Å². The largest absolute Gasteiger partial charge is 0.490 e. The molecule has 0 spiro atoms. The van der Waals surface area contributed by atoms with E-state index in [1.54, 1.807) is 12.1 Å². The van der Waals surface area contributed by atoms with Crippen molar-refractivity contribution in [1.29, 1.82) is 5.26 Å². The number of benzene rings is 2. The van der Waals surface area contributed by atoms with Crippen LogP contribution in [0.3, 0.4) is 0 Å². The molecule has 1 amide bonds. The lowest BCUT2D eigenvalue weighted by Crippen LogP contribution is -2.49. The molecule has 150 valence electrons. The lowest BCUT2D eigenvalue weighted by molar-refractivity contribution is -0.137. The molecule has 0 heterocycles. The number of carbonyl (C=O) groups excluding carboxylic acids is 1. The highest BCUT2D eigenvalue weighted by Crippen LogP contribution is 2.29. The van der Waals surface area contributed by atoms with E-state index in [1.165, 1.54) is 6.92 Å². The van der Waals surface area contributed by atoms with Crippen molar-refractivity contribution in [2.45, 2.75) is 39.4 Å². The normalized spacial score (nSPS) is 12.6. The molecule has 2 aromatic carbocycles. The van der Waals surface area contributed by atoms with Gasteiger partial charge in [-0.25, -0.2) is 0 Å². The first kappa shape index (κ1) is 23.0. The van der Waals surface area contributed by atoms with Crippen molar-refractivity contribution in [1.82, 2.24) is 5.32 Å². The van der Waals surface area contributed by atoms with Crippen molar-refractivity contribution >= 4 is 5.91 Å². The Kier molecular flexibility index (Phi) is 8.05. The Labute approximate surface area is 162 Å². The number of hydrogen-bond acceptors (Lipinski definition) is 3. The maximum atomic E-state index is 12.6. The van der Waals surface area contributed by atoms with Gasteiger partial charge in [-0.2, -0.15) is 18.4 Å². The predicted octanol–water partition coefficient (Wildman–Crippen LogP) is 5.13. The molecule has 0 saturated heterocycles. The molecule has 7 heteroatoms. The second kappa shape index (κ2) is 9.79. The van der Waals surface area contributed by atoms with Gasteiger partial charge in [0.1, 0.15) is 12.4 Å². The van der Waals surface area contributed by atoms with Crippen LogP contribution in [0.5, 0.6) is 5.75 Å². The van der Waals surface area contributed by atoms with Gasteiger partial charge in [0, 0.05) is 5.56 Å². The highest BCUT2D eigenvalue weighted by molar-refractivity contribution is 5.95. The van der Waals surface area contributed by atoms with Gasteiger partial charge in [0.15, 0.2) is 5.54 Å². The third-order valence-corrected chi connectivity index (χ3v) is 3.72. The fourth-order valence-corrected chi connectivity index (χ4v) is 2.17. The first-order chi connectivity index (χ1) is 13.1. The summed E-state index contributed by atoms with van der Waals surface area (Å²) in [5.41, 5.74) is -1.29. The van der Waals surface area contributed by atoms with Gasteiger partial charge in [0.2, 0.25) is 0 Å². The molecule has 0 radical (unpaired) electrons. The second-order valence-corrected chi connectivity index (χ2v) is 6.03. The quantitative estimate of drug-likeness (QED) is 0.767. The number of rotatable bonds is 5. The Morgan fingerprint density at radius 2 is 1.68 bits per heavy atom. The molecule has 0 saturated carbocycles. The summed E-state index contributed by atoms with van der Waals surface area (Å²) in [6, 6.07) is 13.0. The van der Waals surface area contributed by atoms with Gasteiger partial charge in [-0.1, -0.05) is 32.0 Å². The number of nitriles is 1. The van der Waals surface area contributed by atoms with Crippen molar-refractivity contribution < 1.29 is 22.7 Å². The minimum absolute atomic E-state index is 0.0235. The Morgan fingerprint density at radius 1 is 1.11 bits per heavy atom. The van der Waals surface area contributed by atoms with E-state index in [0.717, 1.165) is 29.8 Å². The summed E-state index contributed by atoms with van der Waals surface area (Å²) >= 11 is 0. The van der Waals surface area contributed by atoms with Crippen LogP contribution in [-0.4, -0.2) is 18.1 Å². The van der Waals surface area contributed by atoms with Gasteiger partial charge in [0.05, 0.1) is 11.6 Å². The molecule has 0 aromatic heterocycles. The van der Waals surface area contributed by atoms with E-state index < -0.39 is 23.2 Å². The zero-order valence-electron chi connectivity index (χ0n) is 16.2. The number of nitrogens with one attached hydrogen (secondary N) is 1. The van der Waals surface area contributed by atoms with Crippen LogP contribution in [0.2, 0.25) is 0 Å². The minimum atomic E-state index is -4.47. The molecule has 0 aliphatic rings. The number of carbonyl (C=O) groups is 1. The fourth-order valence-electron chi connectivity index (χ4n) is 2.17. The minimum Gasteiger partial charge on any atom is -0.490 e. The van der Waals surface area contributed by atoms with E-state index in [2.05, 4.69) is 5.32 Å². The molecule has 2 rings (SSSR count). The summed E-state index contributed by atoms with van der Waals surface area (Å²) in [7, 11) is 0. The number of amides is 1. The van der Waals surface area contributed by atoms with Gasteiger partial charge >= 0.3 is 6.18 Å². The van der Waals surface area contributed by atoms with Crippen LogP contribution >= 0.6 is 0 Å². The number of nitrogens with zero attached hydrogens (tertiary/aromatic N) is 1. The molecular weight excluding hydrogens is 369 g/mol. The molecule has 0 aliphatic heterocycles. The number of halogens is 3. The maximum Gasteiger partial charge on any atom is 0.416 e. The predicted molar refractivity (Wildman–Crippen MR) is 101 cm³/mol. The third kappa shape index (κ3) is 6.31. The lowest BCUT2D eigenvalue weighted by atomic mass is 10.0. The smallest absolute Gasteiger partial charge is 0.416 e. The van der Waals surface area contributed by atoms with Crippen LogP contribution in [0.4, 0.5) is 13.2 Å². The highest BCUT2D eigenvalue weighted by Gasteiger charge is 2.31. The zero-order valence-corrected chi connectivity index (χ0v) is 16.2. The van der Waals surface area contributed by atoms with Gasteiger partial charge < -0.3 is 10.1 Å². The molecule has 1 atom stereocenters. The molecule has 1 N–H and O–H groups in total. The Balaban J connectivity index is 0.00000190. The summed E-state index contributed by atoms with van der Waals surface area (Å²) in [6.07, 6.45) is -4.47. The van der Waals surface area contributed by atoms with Gasteiger partial charge in [0.25, 0.3) is 5.91 Å². The molecule has 28 heavy (non-hydrogen) atoms. The van der Waals surface area contributed by atoms with E-state index >= 15 is 0 Å². The summed E-state index contributed by atoms with van der Waals surface area (Å²) < 4.78 is 43.3. The molecular formula is C21H23F3N2O2. The first-order valence-electron chi connectivity index (χ1n) is 8.74. The molecule has 0 fully saturated rings. The zero-order chi connectivity index (χ0) is 21.4. The van der Waals surface area contributed by atoms with E-state index in [9.17, 15) is 23.2 Å². The monoisotopic (exact) mass is 392 g/mol. The Bertz CT molecular complexity index is 827. The van der Waals surface area contributed by atoms with Gasteiger partial charge in [-0.15, -0.1) is 0 Å².